The molecule has 0 radical (unpaired) electrons. The number of amides is 1. The molecule has 0 fully saturated rings. The molecule has 7 nitrogen and oxygen atoms in total. The van der Waals surface area contributed by atoms with Crippen molar-refractivity contribution < 1.29 is 4.79 Å². The molecule has 0 bridgehead atoms. The number of aromatic nitrogens is 5. The van der Waals surface area contributed by atoms with Crippen LogP contribution < -0.4 is 5.32 Å². The SMILES string of the molecule is CCn1nc(C)c2c(C(=O)NCCn3nccc3C)cc(C)nc21. The van der Waals surface area contributed by atoms with Crippen LogP contribution >= 0.6 is 0 Å². The van der Waals surface area contributed by atoms with Gasteiger partial charge in [0.05, 0.1) is 23.2 Å². The van der Waals surface area contributed by atoms with E-state index in [0.717, 1.165) is 34.7 Å². The lowest BCUT2D eigenvalue weighted by Crippen LogP contribution is -2.28. The first-order valence-corrected chi connectivity index (χ1v) is 8.12. The Labute approximate surface area is 140 Å². The number of rotatable bonds is 5. The number of carbonyl (C=O) groups excluding carboxylic acids is 1. The maximum absolute atomic E-state index is 12.7. The second kappa shape index (κ2) is 6.43. The van der Waals surface area contributed by atoms with Gasteiger partial charge >= 0.3 is 0 Å². The fourth-order valence-electron chi connectivity index (χ4n) is 2.88. The van der Waals surface area contributed by atoms with Crippen molar-refractivity contribution in [2.24, 2.45) is 0 Å². The summed E-state index contributed by atoms with van der Waals surface area (Å²) < 4.78 is 3.70. The molecule has 1 N–H and O–H groups in total. The van der Waals surface area contributed by atoms with E-state index in [0.29, 0.717) is 18.7 Å². The highest BCUT2D eigenvalue weighted by Crippen LogP contribution is 2.22. The van der Waals surface area contributed by atoms with Crippen molar-refractivity contribution in [3.05, 3.63) is 41.0 Å². The van der Waals surface area contributed by atoms with Crippen LogP contribution in [0.3, 0.4) is 0 Å². The van der Waals surface area contributed by atoms with E-state index in [2.05, 4.69) is 20.5 Å². The Bertz CT molecular complexity index is 892. The summed E-state index contributed by atoms with van der Waals surface area (Å²) in [6, 6.07) is 3.77. The van der Waals surface area contributed by atoms with Crippen LogP contribution in [0.4, 0.5) is 0 Å². The lowest BCUT2D eigenvalue weighted by Gasteiger charge is -2.09. The first-order chi connectivity index (χ1) is 11.5. The van der Waals surface area contributed by atoms with Gasteiger partial charge in [-0.15, -0.1) is 0 Å². The number of nitrogens with zero attached hydrogens (tertiary/aromatic N) is 5. The Hall–Kier alpha value is -2.70. The third-order valence-electron chi connectivity index (χ3n) is 4.09. The Morgan fingerprint density at radius 1 is 1.25 bits per heavy atom. The topological polar surface area (TPSA) is 77.6 Å². The summed E-state index contributed by atoms with van der Waals surface area (Å²) in [7, 11) is 0. The molecule has 3 aromatic heterocycles. The molecule has 3 heterocycles. The number of hydrogen-bond donors (Lipinski definition) is 1. The molecule has 0 saturated carbocycles. The molecule has 7 heteroatoms. The second-order valence-corrected chi connectivity index (χ2v) is 5.86. The minimum Gasteiger partial charge on any atom is -0.350 e. The first kappa shape index (κ1) is 16.2. The fourth-order valence-corrected chi connectivity index (χ4v) is 2.88. The summed E-state index contributed by atoms with van der Waals surface area (Å²) in [5.74, 6) is -0.103. The fraction of sp³-hybridized carbons (Fsp3) is 0.412. The highest BCUT2D eigenvalue weighted by atomic mass is 16.1. The highest BCUT2D eigenvalue weighted by molar-refractivity contribution is 6.06. The molecule has 0 aliphatic carbocycles. The van der Waals surface area contributed by atoms with Crippen LogP contribution in [0.15, 0.2) is 18.3 Å². The summed E-state index contributed by atoms with van der Waals surface area (Å²) in [6.45, 7) is 9.70. The molecule has 1 amide bonds. The zero-order chi connectivity index (χ0) is 17.3. The van der Waals surface area contributed by atoms with Crippen LogP contribution in [0.1, 0.15) is 34.4 Å². The van der Waals surface area contributed by atoms with Crippen LogP contribution in [0.25, 0.3) is 11.0 Å². The van der Waals surface area contributed by atoms with Crippen molar-refractivity contribution in [2.45, 2.75) is 40.8 Å². The van der Waals surface area contributed by atoms with Gasteiger partial charge in [0, 0.05) is 30.7 Å². The molecule has 0 spiro atoms. The normalized spacial score (nSPS) is 11.2. The Balaban J connectivity index is 1.84. The molecule has 0 saturated heterocycles. The van der Waals surface area contributed by atoms with Gasteiger partial charge in [-0.1, -0.05) is 0 Å². The van der Waals surface area contributed by atoms with Crippen LogP contribution in [-0.2, 0) is 13.1 Å². The van der Waals surface area contributed by atoms with Crippen molar-refractivity contribution in [1.29, 1.82) is 0 Å². The van der Waals surface area contributed by atoms with Crippen molar-refractivity contribution in [3.8, 4) is 0 Å². The minimum atomic E-state index is -0.103. The predicted molar refractivity (Wildman–Crippen MR) is 92.0 cm³/mol. The van der Waals surface area contributed by atoms with E-state index in [-0.39, 0.29) is 5.91 Å². The molecule has 3 rings (SSSR count). The molecule has 3 aromatic rings. The van der Waals surface area contributed by atoms with Gasteiger partial charge in [-0.3, -0.25) is 9.48 Å². The van der Waals surface area contributed by atoms with E-state index in [9.17, 15) is 4.79 Å². The second-order valence-electron chi connectivity index (χ2n) is 5.86. The van der Waals surface area contributed by atoms with Crippen molar-refractivity contribution in [2.75, 3.05) is 6.54 Å². The molecule has 0 aromatic carbocycles. The lowest BCUT2D eigenvalue weighted by molar-refractivity contribution is 0.0953. The van der Waals surface area contributed by atoms with E-state index in [1.54, 1.807) is 6.20 Å². The third-order valence-corrected chi connectivity index (χ3v) is 4.09. The Morgan fingerprint density at radius 2 is 2.04 bits per heavy atom. The molecule has 126 valence electrons. The largest absolute Gasteiger partial charge is 0.350 e. The van der Waals surface area contributed by atoms with Crippen LogP contribution in [0, 0.1) is 20.8 Å². The standard InChI is InChI=1S/C17H22N6O/c1-5-22-16-15(13(4)21-22)14(10-11(2)20-16)17(24)18-8-9-23-12(3)6-7-19-23/h6-7,10H,5,8-9H2,1-4H3,(H,18,24). The molecule has 24 heavy (non-hydrogen) atoms. The molecule has 0 aliphatic heterocycles. The summed E-state index contributed by atoms with van der Waals surface area (Å²) in [4.78, 5) is 17.2. The molecule has 0 aliphatic rings. The van der Waals surface area contributed by atoms with E-state index < -0.39 is 0 Å². The van der Waals surface area contributed by atoms with Crippen molar-refractivity contribution in [1.82, 2.24) is 29.9 Å². The van der Waals surface area contributed by atoms with Crippen LogP contribution in [0.2, 0.25) is 0 Å². The van der Waals surface area contributed by atoms with Crippen molar-refractivity contribution >= 4 is 16.9 Å². The molecular weight excluding hydrogens is 304 g/mol. The lowest BCUT2D eigenvalue weighted by atomic mass is 10.1. The zero-order valence-corrected chi connectivity index (χ0v) is 14.5. The number of nitrogens with one attached hydrogen (secondary N) is 1. The monoisotopic (exact) mass is 326 g/mol. The number of pyridine rings is 1. The maximum atomic E-state index is 12.7. The summed E-state index contributed by atoms with van der Waals surface area (Å²) in [5.41, 5.74) is 4.11. The van der Waals surface area contributed by atoms with Crippen LogP contribution in [0.5, 0.6) is 0 Å². The third kappa shape index (κ3) is 2.89. The van der Waals surface area contributed by atoms with Crippen LogP contribution in [-0.4, -0.2) is 37.0 Å². The molecule has 0 unspecified atom stereocenters. The van der Waals surface area contributed by atoms with Gasteiger partial charge in [-0.05, 0) is 39.8 Å². The van der Waals surface area contributed by atoms with E-state index in [1.807, 2.05) is 49.2 Å². The van der Waals surface area contributed by atoms with Gasteiger partial charge in [0.15, 0.2) is 5.65 Å². The smallest absolute Gasteiger partial charge is 0.252 e. The van der Waals surface area contributed by atoms with Crippen molar-refractivity contribution in [3.63, 3.8) is 0 Å². The van der Waals surface area contributed by atoms with E-state index in [1.165, 1.54) is 0 Å². The van der Waals surface area contributed by atoms with E-state index in [4.69, 9.17) is 0 Å². The predicted octanol–water partition coefficient (Wildman–Crippen LogP) is 2.00. The van der Waals surface area contributed by atoms with Gasteiger partial charge in [0.2, 0.25) is 0 Å². The molecule has 0 atom stereocenters. The average molecular weight is 326 g/mol. The van der Waals surface area contributed by atoms with Gasteiger partial charge < -0.3 is 5.32 Å². The highest BCUT2D eigenvalue weighted by Gasteiger charge is 2.18. The Kier molecular flexibility index (Phi) is 4.33. The number of carbonyl (C=O) groups is 1. The first-order valence-electron chi connectivity index (χ1n) is 8.12. The number of hydrogen-bond acceptors (Lipinski definition) is 4. The minimum absolute atomic E-state index is 0.103. The van der Waals surface area contributed by atoms with Gasteiger partial charge in [0.25, 0.3) is 5.91 Å². The van der Waals surface area contributed by atoms with Gasteiger partial charge in [0.1, 0.15) is 0 Å². The Morgan fingerprint density at radius 3 is 2.71 bits per heavy atom. The summed E-state index contributed by atoms with van der Waals surface area (Å²) in [5, 5.41) is 12.5. The quantitative estimate of drug-likeness (QED) is 0.778. The van der Waals surface area contributed by atoms with Gasteiger partial charge in [-0.2, -0.15) is 10.2 Å². The zero-order valence-electron chi connectivity index (χ0n) is 14.5. The number of fused-ring (bicyclic) bond motifs is 1. The maximum Gasteiger partial charge on any atom is 0.252 e. The average Bonchev–Trinajstić information content (AvgIpc) is 3.10. The van der Waals surface area contributed by atoms with Gasteiger partial charge in [-0.25, -0.2) is 9.67 Å². The summed E-state index contributed by atoms with van der Waals surface area (Å²) in [6.07, 6.45) is 1.76. The number of aryl methyl sites for hydroxylation is 4. The van der Waals surface area contributed by atoms with E-state index >= 15 is 0 Å². The summed E-state index contributed by atoms with van der Waals surface area (Å²) >= 11 is 0. The molecular formula is C17H22N6O.